The molecule has 0 aromatic heterocycles. The fraction of sp³-hybridized carbons (Fsp3) is 0.235. The second-order valence-corrected chi connectivity index (χ2v) is 7.52. The van der Waals surface area contributed by atoms with Gasteiger partial charge in [0.2, 0.25) is 5.91 Å². The van der Waals surface area contributed by atoms with Gasteiger partial charge >= 0.3 is 0 Å². The highest BCUT2D eigenvalue weighted by Gasteiger charge is 2.16. The van der Waals surface area contributed by atoms with Crippen LogP contribution in [0.15, 0.2) is 48.5 Å². The molecule has 1 amide bonds. The summed E-state index contributed by atoms with van der Waals surface area (Å²) in [4.78, 5) is 11.7. The molecule has 0 bridgehead atoms. The zero-order chi connectivity index (χ0) is 17.6. The Morgan fingerprint density at radius 3 is 2.33 bits per heavy atom. The number of carbonyl (C=O) groups is 1. The van der Waals surface area contributed by atoms with E-state index in [0.717, 1.165) is 0 Å². The third kappa shape index (κ3) is 5.73. The van der Waals surface area contributed by atoms with Crippen molar-refractivity contribution in [3.8, 4) is 0 Å². The highest BCUT2D eigenvalue weighted by Crippen LogP contribution is 2.12. The maximum Gasteiger partial charge on any atom is 0.221 e. The molecule has 0 saturated heterocycles. The molecule has 1 N–H and O–H groups in total. The maximum atomic E-state index is 13.5. The largest absolute Gasteiger partial charge is 0.352 e. The summed E-state index contributed by atoms with van der Waals surface area (Å²) in [5, 5.41) is 2.57. The predicted octanol–water partition coefficient (Wildman–Crippen LogP) is 2.59. The van der Waals surface area contributed by atoms with Crippen molar-refractivity contribution < 1.29 is 22.0 Å². The third-order valence-corrected chi connectivity index (χ3v) is 4.95. The van der Waals surface area contributed by atoms with Crippen LogP contribution in [0.4, 0.5) is 8.78 Å². The van der Waals surface area contributed by atoms with Crippen molar-refractivity contribution in [2.24, 2.45) is 0 Å². The van der Waals surface area contributed by atoms with Gasteiger partial charge in [0.25, 0.3) is 0 Å². The van der Waals surface area contributed by atoms with Crippen LogP contribution in [0.1, 0.15) is 17.5 Å². The van der Waals surface area contributed by atoms with E-state index >= 15 is 0 Å². The average Bonchev–Trinajstić information content (AvgIpc) is 2.54. The maximum absolute atomic E-state index is 13.5. The normalized spacial score (nSPS) is 11.2. The minimum Gasteiger partial charge on any atom is -0.352 e. The Bertz CT molecular complexity index is 805. The summed E-state index contributed by atoms with van der Waals surface area (Å²) in [6.07, 6.45) is -0.210. The Labute approximate surface area is 139 Å². The van der Waals surface area contributed by atoms with Gasteiger partial charge in [0.15, 0.2) is 9.84 Å². The van der Waals surface area contributed by atoms with Crippen molar-refractivity contribution in [2.75, 3.05) is 5.75 Å². The van der Waals surface area contributed by atoms with Crippen LogP contribution in [0.3, 0.4) is 0 Å². The number of hydrogen-bond acceptors (Lipinski definition) is 3. The molecular formula is C17H17F2NO3S. The fourth-order valence-corrected chi connectivity index (χ4v) is 3.41. The van der Waals surface area contributed by atoms with Crippen LogP contribution in [-0.2, 0) is 26.9 Å². The molecule has 2 rings (SSSR count). The number of nitrogens with one attached hydrogen (secondary N) is 1. The highest BCUT2D eigenvalue weighted by atomic mass is 32.2. The van der Waals surface area contributed by atoms with Crippen LogP contribution >= 0.6 is 0 Å². The molecule has 0 atom stereocenters. The molecule has 0 saturated carbocycles. The van der Waals surface area contributed by atoms with Gasteiger partial charge in [0.05, 0.1) is 11.5 Å². The van der Waals surface area contributed by atoms with E-state index in [1.165, 1.54) is 42.5 Å². The Hall–Kier alpha value is -2.28. The van der Waals surface area contributed by atoms with E-state index < -0.39 is 27.3 Å². The topological polar surface area (TPSA) is 63.2 Å². The molecule has 0 radical (unpaired) electrons. The van der Waals surface area contributed by atoms with Gasteiger partial charge in [-0.15, -0.1) is 0 Å². The van der Waals surface area contributed by atoms with Gasteiger partial charge in [0, 0.05) is 18.5 Å². The minimum atomic E-state index is -3.59. The van der Waals surface area contributed by atoms with Crippen molar-refractivity contribution in [1.29, 1.82) is 0 Å². The molecule has 128 valence electrons. The number of sulfone groups is 1. The number of hydrogen-bond donors (Lipinski definition) is 1. The molecule has 0 unspecified atom stereocenters. The molecule has 2 aromatic carbocycles. The Kier molecular flexibility index (Phi) is 6.03. The number of benzene rings is 2. The molecule has 0 heterocycles. The summed E-state index contributed by atoms with van der Waals surface area (Å²) < 4.78 is 50.2. The van der Waals surface area contributed by atoms with Crippen LogP contribution in [0.5, 0.6) is 0 Å². The fourth-order valence-electron chi connectivity index (χ4n) is 2.06. The van der Waals surface area contributed by atoms with Gasteiger partial charge in [-0.05, 0) is 23.8 Å². The average molecular weight is 353 g/mol. The van der Waals surface area contributed by atoms with Gasteiger partial charge in [-0.25, -0.2) is 17.2 Å². The summed E-state index contributed by atoms with van der Waals surface area (Å²) in [6.45, 7) is 0.187. The monoisotopic (exact) mass is 353 g/mol. The van der Waals surface area contributed by atoms with Crippen LogP contribution in [0.2, 0.25) is 0 Å². The zero-order valence-corrected chi connectivity index (χ0v) is 13.7. The van der Waals surface area contributed by atoms with Crippen molar-refractivity contribution in [2.45, 2.75) is 18.7 Å². The van der Waals surface area contributed by atoms with Gasteiger partial charge in [-0.3, -0.25) is 4.79 Å². The Morgan fingerprint density at radius 1 is 1.00 bits per heavy atom. The van der Waals surface area contributed by atoms with Crippen LogP contribution in [-0.4, -0.2) is 20.1 Å². The lowest BCUT2D eigenvalue weighted by molar-refractivity contribution is -0.120. The number of carbonyl (C=O) groups excluding carboxylic acids is 1. The van der Waals surface area contributed by atoms with E-state index in [1.54, 1.807) is 6.07 Å². The lowest BCUT2D eigenvalue weighted by Crippen LogP contribution is -2.25. The van der Waals surface area contributed by atoms with Crippen molar-refractivity contribution in [3.63, 3.8) is 0 Å². The quantitative estimate of drug-likeness (QED) is 0.832. The van der Waals surface area contributed by atoms with E-state index in [0.29, 0.717) is 5.56 Å². The number of halogens is 2. The van der Waals surface area contributed by atoms with Crippen molar-refractivity contribution >= 4 is 15.7 Å². The minimum absolute atomic E-state index is 0.0872. The second kappa shape index (κ2) is 8.01. The van der Waals surface area contributed by atoms with E-state index in [-0.39, 0.29) is 30.1 Å². The standard InChI is InChI=1S/C17H17F2NO3S/c18-15-7-5-13(6-8-15)11-20-17(21)9-10-24(22,23)12-14-3-1-2-4-16(14)19/h1-8H,9-12H2,(H,20,21). The summed E-state index contributed by atoms with van der Waals surface area (Å²) in [5.74, 6) is -2.19. The smallest absolute Gasteiger partial charge is 0.221 e. The van der Waals surface area contributed by atoms with Gasteiger partial charge < -0.3 is 5.32 Å². The molecule has 0 aliphatic rings. The lowest BCUT2D eigenvalue weighted by Gasteiger charge is -2.07. The van der Waals surface area contributed by atoms with Crippen LogP contribution in [0.25, 0.3) is 0 Å². The summed E-state index contributed by atoms with van der Waals surface area (Å²) in [7, 11) is -3.59. The molecule has 0 aliphatic carbocycles. The van der Waals surface area contributed by atoms with E-state index in [4.69, 9.17) is 0 Å². The zero-order valence-electron chi connectivity index (χ0n) is 12.8. The molecule has 4 nitrogen and oxygen atoms in total. The third-order valence-electron chi connectivity index (χ3n) is 3.38. The first kappa shape index (κ1) is 18.1. The molecule has 7 heteroatoms. The molecule has 2 aromatic rings. The Morgan fingerprint density at radius 2 is 1.67 bits per heavy atom. The SMILES string of the molecule is O=C(CCS(=O)(=O)Cc1ccccc1F)NCc1ccc(F)cc1. The van der Waals surface area contributed by atoms with Gasteiger partial charge in [0.1, 0.15) is 11.6 Å². The molecular weight excluding hydrogens is 336 g/mol. The first-order valence-electron chi connectivity index (χ1n) is 7.31. The molecule has 0 aliphatic heterocycles. The molecule has 24 heavy (non-hydrogen) atoms. The Balaban J connectivity index is 1.82. The lowest BCUT2D eigenvalue weighted by atomic mass is 10.2. The van der Waals surface area contributed by atoms with Gasteiger partial charge in [-0.1, -0.05) is 30.3 Å². The van der Waals surface area contributed by atoms with E-state index in [1.807, 2.05) is 0 Å². The number of rotatable bonds is 7. The van der Waals surface area contributed by atoms with Crippen molar-refractivity contribution in [3.05, 3.63) is 71.3 Å². The summed E-state index contributed by atoms with van der Waals surface area (Å²) >= 11 is 0. The summed E-state index contributed by atoms with van der Waals surface area (Å²) in [6, 6.07) is 11.3. The predicted molar refractivity (Wildman–Crippen MR) is 86.8 cm³/mol. The first-order chi connectivity index (χ1) is 11.4. The second-order valence-electron chi connectivity index (χ2n) is 5.34. The number of amides is 1. The highest BCUT2D eigenvalue weighted by molar-refractivity contribution is 7.90. The first-order valence-corrected chi connectivity index (χ1v) is 9.13. The summed E-state index contributed by atoms with van der Waals surface area (Å²) in [5.41, 5.74) is 0.795. The van der Waals surface area contributed by atoms with Crippen LogP contribution in [0, 0.1) is 11.6 Å². The van der Waals surface area contributed by atoms with E-state index in [9.17, 15) is 22.0 Å². The molecule has 0 spiro atoms. The van der Waals surface area contributed by atoms with E-state index in [2.05, 4.69) is 5.32 Å². The van der Waals surface area contributed by atoms with Crippen LogP contribution < -0.4 is 5.32 Å². The van der Waals surface area contributed by atoms with Crippen molar-refractivity contribution in [1.82, 2.24) is 5.32 Å². The van der Waals surface area contributed by atoms with Gasteiger partial charge in [-0.2, -0.15) is 0 Å². The molecule has 0 fully saturated rings.